The van der Waals surface area contributed by atoms with Crippen LogP contribution in [0.5, 0.6) is 0 Å². The van der Waals surface area contributed by atoms with Gasteiger partial charge < -0.3 is 19.9 Å². The Bertz CT molecular complexity index is 785. The lowest BCUT2D eigenvalue weighted by atomic mass is 10.1. The summed E-state index contributed by atoms with van der Waals surface area (Å²) in [6, 6.07) is 10.6. The first-order chi connectivity index (χ1) is 13.1. The number of aromatic nitrogens is 1. The Balaban J connectivity index is 1.48. The molecule has 1 amide bonds. The number of carbonyl (C=O) groups is 2. The van der Waals surface area contributed by atoms with E-state index in [0.717, 1.165) is 37.2 Å². The van der Waals surface area contributed by atoms with Gasteiger partial charge in [-0.1, -0.05) is 24.3 Å². The Hall–Kier alpha value is -2.77. The summed E-state index contributed by atoms with van der Waals surface area (Å²) < 4.78 is 11.2. The quantitative estimate of drug-likeness (QED) is 0.777. The van der Waals surface area contributed by atoms with Crippen molar-refractivity contribution in [3.63, 3.8) is 0 Å². The van der Waals surface area contributed by atoms with Crippen LogP contribution in [0, 0.1) is 0 Å². The highest BCUT2D eigenvalue weighted by molar-refractivity contribution is 5.96. The summed E-state index contributed by atoms with van der Waals surface area (Å²) in [5.74, 6) is -1.50. The van der Waals surface area contributed by atoms with Crippen LogP contribution < -0.4 is 5.32 Å². The summed E-state index contributed by atoms with van der Waals surface area (Å²) in [4.78, 5) is 26.8. The van der Waals surface area contributed by atoms with Crippen LogP contribution in [0.15, 0.2) is 42.6 Å². The van der Waals surface area contributed by atoms with E-state index in [-0.39, 0.29) is 23.3 Å². The molecule has 27 heavy (non-hydrogen) atoms. The number of carboxylic acid groups (broad SMARTS) is 1. The largest absolute Gasteiger partial charge is 0.477 e. The first-order valence-electron chi connectivity index (χ1n) is 8.86. The van der Waals surface area contributed by atoms with Crippen molar-refractivity contribution in [3.8, 4) is 0 Å². The first-order valence-corrected chi connectivity index (χ1v) is 8.86. The number of rotatable bonds is 7. The standard InChI is InChI=1S/C20H22N2O5/c23-19(16-5-8-21-18(11-16)20(24)25)22-12-14-1-3-15(4-2-14)13-27-17-6-9-26-10-7-17/h1-5,8,11,17H,6-7,9-10,12-13H2,(H,22,23)(H,24,25). The molecule has 142 valence electrons. The molecule has 7 nitrogen and oxygen atoms in total. The minimum absolute atomic E-state index is 0.156. The molecule has 0 unspecified atom stereocenters. The topological polar surface area (TPSA) is 97.8 Å². The van der Waals surface area contributed by atoms with Gasteiger partial charge in [-0.15, -0.1) is 0 Å². The Labute approximate surface area is 157 Å². The molecule has 7 heteroatoms. The van der Waals surface area contributed by atoms with Crippen LogP contribution in [0.4, 0.5) is 0 Å². The lowest BCUT2D eigenvalue weighted by molar-refractivity contribution is -0.0390. The second kappa shape index (κ2) is 9.25. The minimum Gasteiger partial charge on any atom is -0.477 e. The molecule has 1 aliphatic heterocycles. The lowest BCUT2D eigenvalue weighted by Crippen LogP contribution is -2.23. The number of hydrogen-bond acceptors (Lipinski definition) is 5. The van der Waals surface area contributed by atoms with Crippen molar-refractivity contribution in [1.82, 2.24) is 10.3 Å². The van der Waals surface area contributed by atoms with Crippen molar-refractivity contribution < 1.29 is 24.2 Å². The third-order valence-corrected chi connectivity index (χ3v) is 4.37. The third-order valence-electron chi connectivity index (χ3n) is 4.37. The number of hydrogen-bond donors (Lipinski definition) is 2. The Morgan fingerprint density at radius 1 is 1.15 bits per heavy atom. The molecule has 1 saturated heterocycles. The smallest absolute Gasteiger partial charge is 0.354 e. The van der Waals surface area contributed by atoms with E-state index in [0.29, 0.717) is 13.2 Å². The average Bonchev–Trinajstić information content (AvgIpc) is 2.72. The van der Waals surface area contributed by atoms with Gasteiger partial charge in [0.2, 0.25) is 0 Å². The van der Waals surface area contributed by atoms with E-state index in [4.69, 9.17) is 14.6 Å². The van der Waals surface area contributed by atoms with E-state index < -0.39 is 5.97 Å². The summed E-state index contributed by atoms with van der Waals surface area (Å²) in [5, 5.41) is 11.7. The van der Waals surface area contributed by atoms with Crippen LogP contribution in [0.3, 0.4) is 0 Å². The summed E-state index contributed by atoms with van der Waals surface area (Å²) >= 11 is 0. The number of benzene rings is 1. The molecule has 0 saturated carbocycles. The lowest BCUT2D eigenvalue weighted by Gasteiger charge is -2.22. The number of ether oxygens (including phenoxy) is 2. The van der Waals surface area contributed by atoms with Gasteiger partial charge in [0, 0.05) is 31.5 Å². The first kappa shape index (κ1) is 19.0. The van der Waals surface area contributed by atoms with Gasteiger partial charge in [0.15, 0.2) is 0 Å². The zero-order chi connectivity index (χ0) is 19.1. The predicted molar refractivity (Wildman–Crippen MR) is 97.4 cm³/mol. The number of aromatic carboxylic acids is 1. The summed E-state index contributed by atoms with van der Waals surface area (Å²) in [7, 11) is 0. The molecule has 0 atom stereocenters. The van der Waals surface area contributed by atoms with Crippen molar-refractivity contribution in [3.05, 3.63) is 65.0 Å². The fraction of sp³-hybridized carbons (Fsp3) is 0.350. The SMILES string of the molecule is O=C(NCc1ccc(COC2CCOCC2)cc1)c1ccnc(C(=O)O)c1. The fourth-order valence-electron chi connectivity index (χ4n) is 2.78. The highest BCUT2D eigenvalue weighted by Crippen LogP contribution is 2.14. The molecule has 2 aromatic rings. The minimum atomic E-state index is -1.16. The molecule has 3 rings (SSSR count). The van der Waals surface area contributed by atoms with Crippen molar-refractivity contribution in [2.75, 3.05) is 13.2 Å². The molecule has 2 heterocycles. The molecule has 1 fully saturated rings. The molecule has 0 bridgehead atoms. The number of nitrogens with one attached hydrogen (secondary N) is 1. The fourth-order valence-corrected chi connectivity index (χ4v) is 2.78. The second-order valence-corrected chi connectivity index (χ2v) is 6.36. The maximum absolute atomic E-state index is 12.2. The van der Waals surface area contributed by atoms with Gasteiger partial charge in [-0.05, 0) is 36.1 Å². The molecule has 1 aromatic carbocycles. The van der Waals surface area contributed by atoms with Crippen LogP contribution in [0.2, 0.25) is 0 Å². The van der Waals surface area contributed by atoms with Crippen LogP contribution in [-0.4, -0.2) is 41.3 Å². The van der Waals surface area contributed by atoms with Gasteiger partial charge >= 0.3 is 5.97 Å². The van der Waals surface area contributed by atoms with Crippen molar-refractivity contribution in [1.29, 1.82) is 0 Å². The number of carboxylic acids is 1. The molecule has 2 N–H and O–H groups in total. The second-order valence-electron chi connectivity index (χ2n) is 6.36. The predicted octanol–water partition coefficient (Wildman–Crippen LogP) is 2.41. The zero-order valence-electron chi connectivity index (χ0n) is 14.9. The molecule has 1 aliphatic rings. The van der Waals surface area contributed by atoms with E-state index in [1.54, 1.807) is 0 Å². The van der Waals surface area contributed by atoms with Crippen LogP contribution >= 0.6 is 0 Å². The molecule has 1 aromatic heterocycles. The Kier molecular flexibility index (Phi) is 6.51. The van der Waals surface area contributed by atoms with Crippen molar-refractivity contribution in [2.24, 2.45) is 0 Å². The van der Waals surface area contributed by atoms with Gasteiger partial charge in [0.1, 0.15) is 5.69 Å². The highest BCUT2D eigenvalue weighted by atomic mass is 16.5. The number of nitrogens with zero attached hydrogens (tertiary/aromatic N) is 1. The van der Waals surface area contributed by atoms with E-state index in [1.165, 1.54) is 18.3 Å². The van der Waals surface area contributed by atoms with E-state index in [2.05, 4.69) is 10.3 Å². The summed E-state index contributed by atoms with van der Waals surface area (Å²) in [5.41, 5.74) is 2.14. The molecule has 0 spiro atoms. The van der Waals surface area contributed by atoms with Crippen molar-refractivity contribution in [2.45, 2.75) is 32.1 Å². The zero-order valence-corrected chi connectivity index (χ0v) is 14.9. The molecular weight excluding hydrogens is 348 g/mol. The van der Waals surface area contributed by atoms with E-state index >= 15 is 0 Å². The van der Waals surface area contributed by atoms with Gasteiger partial charge in [-0.25, -0.2) is 9.78 Å². The van der Waals surface area contributed by atoms with Crippen LogP contribution in [-0.2, 0) is 22.6 Å². The Morgan fingerprint density at radius 2 is 1.85 bits per heavy atom. The van der Waals surface area contributed by atoms with Gasteiger partial charge in [-0.2, -0.15) is 0 Å². The summed E-state index contributed by atoms with van der Waals surface area (Å²) in [6.45, 7) is 2.43. The van der Waals surface area contributed by atoms with Gasteiger partial charge in [0.05, 0.1) is 12.7 Å². The molecular formula is C20H22N2O5. The number of pyridine rings is 1. The normalized spacial score (nSPS) is 14.7. The highest BCUT2D eigenvalue weighted by Gasteiger charge is 2.14. The van der Waals surface area contributed by atoms with Gasteiger partial charge in [0.25, 0.3) is 5.91 Å². The van der Waals surface area contributed by atoms with E-state index in [1.807, 2.05) is 24.3 Å². The van der Waals surface area contributed by atoms with Gasteiger partial charge in [-0.3, -0.25) is 4.79 Å². The Morgan fingerprint density at radius 3 is 2.56 bits per heavy atom. The summed E-state index contributed by atoms with van der Waals surface area (Å²) in [6.07, 6.45) is 3.44. The van der Waals surface area contributed by atoms with Crippen molar-refractivity contribution >= 4 is 11.9 Å². The molecule has 0 aliphatic carbocycles. The number of carbonyl (C=O) groups excluding carboxylic acids is 1. The van der Waals surface area contributed by atoms with Crippen LogP contribution in [0.25, 0.3) is 0 Å². The maximum Gasteiger partial charge on any atom is 0.354 e. The monoisotopic (exact) mass is 370 g/mol. The van der Waals surface area contributed by atoms with E-state index in [9.17, 15) is 9.59 Å². The molecule has 0 radical (unpaired) electrons. The maximum atomic E-state index is 12.2. The number of amides is 1. The average molecular weight is 370 g/mol. The third kappa shape index (κ3) is 5.60. The van der Waals surface area contributed by atoms with Crippen LogP contribution in [0.1, 0.15) is 44.8 Å².